The number of carbonyl (C=O) groups excluding carboxylic acids is 2. The number of rotatable bonds is 4. The fourth-order valence-corrected chi connectivity index (χ4v) is 3.39. The Morgan fingerprint density at radius 3 is 2.38 bits per heavy atom. The zero-order valence-electron chi connectivity index (χ0n) is 15.7. The van der Waals surface area contributed by atoms with E-state index in [1.807, 2.05) is 25.7 Å². The van der Waals surface area contributed by atoms with Gasteiger partial charge in [0.2, 0.25) is 5.91 Å². The van der Waals surface area contributed by atoms with Crippen LogP contribution in [0.4, 0.5) is 4.79 Å². The van der Waals surface area contributed by atoms with Gasteiger partial charge in [-0.2, -0.15) is 0 Å². The van der Waals surface area contributed by atoms with Crippen molar-refractivity contribution >= 4 is 12.0 Å². The van der Waals surface area contributed by atoms with Crippen molar-refractivity contribution in [3.63, 3.8) is 0 Å². The minimum Gasteiger partial charge on any atom is -0.444 e. The molecule has 0 radical (unpaired) electrons. The maximum absolute atomic E-state index is 12.6. The third kappa shape index (κ3) is 5.36. The number of hydrogen-bond acceptors (Lipinski definition) is 4. The average Bonchev–Trinajstić information content (AvgIpc) is 2.51. The summed E-state index contributed by atoms with van der Waals surface area (Å²) in [4.78, 5) is 30.7. The van der Waals surface area contributed by atoms with Crippen molar-refractivity contribution in [2.75, 3.05) is 39.3 Å². The minimum atomic E-state index is -0.536. The third-order valence-corrected chi connectivity index (χ3v) is 4.73. The summed E-state index contributed by atoms with van der Waals surface area (Å²) in [5.41, 5.74) is -0.536. The number of piperazine rings is 1. The Hall–Kier alpha value is -1.30. The van der Waals surface area contributed by atoms with Crippen LogP contribution in [-0.2, 0) is 9.53 Å². The highest BCUT2D eigenvalue weighted by Crippen LogP contribution is 2.17. The van der Waals surface area contributed by atoms with Crippen molar-refractivity contribution in [1.29, 1.82) is 0 Å². The first kappa shape index (κ1) is 19.0. The zero-order valence-corrected chi connectivity index (χ0v) is 15.7. The first-order valence-electron chi connectivity index (χ1n) is 9.29. The van der Waals surface area contributed by atoms with Crippen molar-refractivity contribution in [2.45, 2.75) is 65.0 Å². The second kappa shape index (κ2) is 8.19. The molecule has 1 atom stereocenters. The molecule has 0 aromatic carbocycles. The van der Waals surface area contributed by atoms with E-state index in [2.05, 4.69) is 4.90 Å². The monoisotopic (exact) mass is 339 g/mol. The van der Waals surface area contributed by atoms with Gasteiger partial charge in [-0.15, -0.1) is 0 Å². The zero-order chi connectivity index (χ0) is 17.7. The molecule has 2 heterocycles. The fourth-order valence-electron chi connectivity index (χ4n) is 3.39. The highest BCUT2D eigenvalue weighted by Gasteiger charge is 2.36. The molecule has 2 saturated heterocycles. The lowest BCUT2D eigenvalue weighted by Gasteiger charge is -2.39. The molecule has 24 heavy (non-hydrogen) atoms. The molecule has 0 bridgehead atoms. The first-order valence-corrected chi connectivity index (χ1v) is 9.29. The number of hydrogen-bond donors (Lipinski definition) is 0. The molecule has 0 N–H and O–H groups in total. The van der Waals surface area contributed by atoms with Gasteiger partial charge in [0.25, 0.3) is 0 Å². The Morgan fingerprint density at radius 2 is 1.75 bits per heavy atom. The molecule has 6 heteroatoms. The molecule has 0 aromatic rings. The van der Waals surface area contributed by atoms with Crippen LogP contribution in [0.3, 0.4) is 0 Å². The van der Waals surface area contributed by atoms with Crippen LogP contribution < -0.4 is 0 Å². The Balaban J connectivity index is 1.77. The lowest BCUT2D eigenvalue weighted by Crippen LogP contribution is -2.58. The molecule has 2 fully saturated rings. The van der Waals surface area contributed by atoms with Crippen LogP contribution in [-0.4, -0.2) is 77.6 Å². The van der Waals surface area contributed by atoms with Crippen molar-refractivity contribution in [1.82, 2.24) is 14.7 Å². The van der Waals surface area contributed by atoms with Gasteiger partial charge in [0.15, 0.2) is 0 Å². The van der Waals surface area contributed by atoms with E-state index in [-0.39, 0.29) is 5.91 Å². The molecule has 138 valence electrons. The third-order valence-electron chi connectivity index (χ3n) is 4.73. The molecule has 2 rings (SSSR count). The molecule has 2 aliphatic rings. The van der Waals surface area contributed by atoms with Crippen molar-refractivity contribution < 1.29 is 14.3 Å². The predicted octanol–water partition coefficient (Wildman–Crippen LogP) is 2.33. The minimum absolute atomic E-state index is 0.0331. The van der Waals surface area contributed by atoms with Crippen LogP contribution in [0.1, 0.15) is 53.4 Å². The molecule has 2 amide bonds. The van der Waals surface area contributed by atoms with E-state index < -0.39 is 17.7 Å². The fraction of sp³-hybridized carbons (Fsp3) is 0.889. The van der Waals surface area contributed by atoms with Crippen molar-refractivity contribution in [3.8, 4) is 0 Å². The molecule has 2 aliphatic heterocycles. The standard InChI is InChI=1S/C18H33N3O3/c1-15-16(22)20(12-8-11-19-9-6-5-7-10-19)13-14-21(15)17(23)24-18(2,3)4/h15H,5-14H2,1-4H3/t15-/m1/s1. The van der Waals surface area contributed by atoms with Gasteiger partial charge in [0.05, 0.1) is 0 Å². The van der Waals surface area contributed by atoms with E-state index in [9.17, 15) is 9.59 Å². The van der Waals surface area contributed by atoms with E-state index >= 15 is 0 Å². The van der Waals surface area contributed by atoms with E-state index in [0.717, 1.165) is 19.5 Å². The van der Waals surface area contributed by atoms with Crippen LogP contribution in [0.2, 0.25) is 0 Å². The van der Waals surface area contributed by atoms with Crippen molar-refractivity contribution in [3.05, 3.63) is 0 Å². The van der Waals surface area contributed by atoms with E-state index in [1.165, 1.54) is 32.4 Å². The summed E-state index contributed by atoms with van der Waals surface area (Å²) in [6, 6.07) is -0.441. The average molecular weight is 339 g/mol. The SMILES string of the molecule is C[C@@H]1C(=O)N(CCCN2CCCCC2)CCN1C(=O)OC(C)(C)C. The predicted molar refractivity (Wildman–Crippen MR) is 93.9 cm³/mol. The molecule has 0 saturated carbocycles. The highest BCUT2D eigenvalue weighted by molar-refractivity contribution is 5.86. The van der Waals surface area contributed by atoms with Gasteiger partial charge in [-0.1, -0.05) is 6.42 Å². The first-order chi connectivity index (χ1) is 11.3. The number of carbonyl (C=O) groups is 2. The largest absolute Gasteiger partial charge is 0.444 e. The van der Waals surface area contributed by atoms with Crippen LogP contribution in [0.5, 0.6) is 0 Å². The van der Waals surface area contributed by atoms with E-state index in [1.54, 1.807) is 11.8 Å². The van der Waals surface area contributed by atoms with E-state index in [4.69, 9.17) is 4.74 Å². The van der Waals surface area contributed by atoms with Gasteiger partial charge in [0.1, 0.15) is 11.6 Å². The highest BCUT2D eigenvalue weighted by atomic mass is 16.6. The lowest BCUT2D eigenvalue weighted by atomic mass is 10.1. The number of likely N-dealkylation sites (tertiary alicyclic amines) is 1. The summed E-state index contributed by atoms with van der Waals surface area (Å²) < 4.78 is 5.40. The summed E-state index contributed by atoms with van der Waals surface area (Å²) in [5.74, 6) is 0.0331. The van der Waals surface area contributed by atoms with Gasteiger partial charge in [-0.25, -0.2) is 4.79 Å². The summed E-state index contributed by atoms with van der Waals surface area (Å²) >= 11 is 0. The lowest BCUT2D eigenvalue weighted by molar-refractivity contribution is -0.140. The van der Waals surface area contributed by atoms with Crippen LogP contribution in [0, 0.1) is 0 Å². The normalized spacial score (nSPS) is 23.5. The van der Waals surface area contributed by atoms with Crippen molar-refractivity contribution in [2.24, 2.45) is 0 Å². The van der Waals surface area contributed by atoms with Gasteiger partial charge < -0.3 is 14.5 Å². The number of nitrogens with zero attached hydrogens (tertiary/aromatic N) is 3. The molecule has 0 spiro atoms. The van der Waals surface area contributed by atoms with Crippen LogP contribution in [0.25, 0.3) is 0 Å². The second-order valence-corrected chi connectivity index (χ2v) is 7.93. The van der Waals surface area contributed by atoms with Crippen LogP contribution >= 0.6 is 0 Å². The van der Waals surface area contributed by atoms with Gasteiger partial charge >= 0.3 is 6.09 Å². The Kier molecular flexibility index (Phi) is 6.49. The second-order valence-electron chi connectivity index (χ2n) is 7.93. The van der Waals surface area contributed by atoms with Gasteiger partial charge in [-0.05, 0) is 66.6 Å². The Morgan fingerprint density at radius 1 is 1.08 bits per heavy atom. The number of piperidine rings is 1. The topological polar surface area (TPSA) is 53.1 Å². The molecule has 0 aliphatic carbocycles. The van der Waals surface area contributed by atoms with E-state index in [0.29, 0.717) is 13.1 Å². The van der Waals surface area contributed by atoms with Crippen LogP contribution in [0.15, 0.2) is 0 Å². The van der Waals surface area contributed by atoms with Gasteiger partial charge in [-0.3, -0.25) is 9.69 Å². The molecule has 6 nitrogen and oxygen atoms in total. The Labute approximate surface area is 146 Å². The smallest absolute Gasteiger partial charge is 0.411 e. The number of ether oxygens (including phenoxy) is 1. The Bertz CT molecular complexity index is 441. The molecular formula is C18H33N3O3. The maximum atomic E-state index is 12.6. The summed E-state index contributed by atoms with van der Waals surface area (Å²) in [7, 11) is 0. The molecule has 0 aromatic heterocycles. The molecular weight excluding hydrogens is 306 g/mol. The summed E-state index contributed by atoms with van der Waals surface area (Å²) in [5, 5.41) is 0. The molecule has 0 unspecified atom stereocenters. The maximum Gasteiger partial charge on any atom is 0.411 e. The summed E-state index contributed by atoms with van der Waals surface area (Å²) in [6.45, 7) is 12.7. The number of amides is 2. The quantitative estimate of drug-likeness (QED) is 0.789. The van der Waals surface area contributed by atoms with Gasteiger partial charge in [0, 0.05) is 19.6 Å². The summed E-state index contributed by atoms with van der Waals surface area (Å²) in [6.07, 6.45) is 4.55.